The summed E-state index contributed by atoms with van der Waals surface area (Å²) >= 11 is 3.13. The van der Waals surface area contributed by atoms with Gasteiger partial charge in [-0.05, 0) is 53.3 Å². The van der Waals surface area contributed by atoms with E-state index >= 15 is 0 Å². The van der Waals surface area contributed by atoms with Gasteiger partial charge in [0, 0.05) is 6.54 Å². The molecule has 0 saturated heterocycles. The lowest BCUT2D eigenvalue weighted by molar-refractivity contribution is -0.115. The van der Waals surface area contributed by atoms with E-state index in [0.29, 0.717) is 22.7 Å². The maximum atomic E-state index is 12.2. The molecule has 146 valence electrons. The highest BCUT2D eigenvalue weighted by molar-refractivity contribution is 9.10. The second-order valence-electron chi connectivity index (χ2n) is 5.71. The highest BCUT2D eigenvalue weighted by Gasteiger charge is 2.13. The first-order valence-electron chi connectivity index (χ1n) is 8.81. The summed E-state index contributed by atoms with van der Waals surface area (Å²) in [5.41, 5.74) is 0.567. The number of para-hydroxylation sites is 2. The van der Waals surface area contributed by atoms with Gasteiger partial charge in [0.2, 0.25) is 5.91 Å². The molecule has 7 nitrogen and oxygen atoms in total. The van der Waals surface area contributed by atoms with E-state index < -0.39 is 5.91 Å². The molecule has 0 spiro atoms. The summed E-state index contributed by atoms with van der Waals surface area (Å²) in [6.07, 6.45) is 0. The zero-order chi connectivity index (χ0) is 19.6. The fourth-order valence-corrected chi connectivity index (χ4v) is 2.71. The van der Waals surface area contributed by atoms with Crippen LogP contribution in [0, 0.1) is 0 Å². The first kappa shape index (κ1) is 21.0. The topological polar surface area (TPSA) is 83.8 Å². The molecule has 1 heterocycles. The van der Waals surface area contributed by atoms with Crippen LogP contribution in [0.4, 0.5) is 5.69 Å². The van der Waals surface area contributed by atoms with E-state index in [4.69, 9.17) is 9.15 Å². The molecule has 8 heteroatoms. The van der Waals surface area contributed by atoms with Crippen LogP contribution in [0.2, 0.25) is 0 Å². The van der Waals surface area contributed by atoms with Crippen LogP contribution in [0.5, 0.6) is 5.75 Å². The SMILES string of the molecule is CCN(CC)CCOc1ccccc1NC(=O)CNC(=O)c1ccc(Br)o1. The van der Waals surface area contributed by atoms with Crippen molar-refractivity contribution in [3.63, 3.8) is 0 Å². The predicted molar refractivity (Wildman–Crippen MR) is 107 cm³/mol. The van der Waals surface area contributed by atoms with E-state index in [-0.39, 0.29) is 18.2 Å². The minimum Gasteiger partial charge on any atom is -0.490 e. The average molecular weight is 438 g/mol. The quantitative estimate of drug-likeness (QED) is 0.596. The molecule has 2 aromatic rings. The Bertz CT molecular complexity index is 759. The van der Waals surface area contributed by atoms with Crippen LogP contribution >= 0.6 is 15.9 Å². The fourth-order valence-electron chi connectivity index (χ4n) is 2.40. The Labute approximate surface area is 167 Å². The third kappa shape index (κ3) is 6.73. The summed E-state index contributed by atoms with van der Waals surface area (Å²) in [4.78, 5) is 26.3. The lowest BCUT2D eigenvalue weighted by Gasteiger charge is -2.19. The van der Waals surface area contributed by atoms with E-state index in [0.717, 1.165) is 19.6 Å². The first-order valence-corrected chi connectivity index (χ1v) is 9.60. The number of likely N-dealkylation sites (N-methyl/N-ethyl adjacent to an activating group) is 1. The van der Waals surface area contributed by atoms with Gasteiger partial charge < -0.3 is 24.7 Å². The lowest BCUT2D eigenvalue weighted by Crippen LogP contribution is -2.32. The molecule has 0 fully saturated rings. The Hall–Kier alpha value is -2.32. The van der Waals surface area contributed by atoms with Crippen molar-refractivity contribution in [1.82, 2.24) is 10.2 Å². The molecule has 0 atom stereocenters. The number of rotatable bonds is 10. The monoisotopic (exact) mass is 437 g/mol. The molecule has 0 radical (unpaired) electrons. The van der Waals surface area contributed by atoms with Crippen molar-refractivity contribution < 1.29 is 18.7 Å². The number of carbonyl (C=O) groups is 2. The van der Waals surface area contributed by atoms with Crippen LogP contribution in [0.15, 0.2) is 45.5 Å². The van der Waals surface area contributed by atoms with E-state index in [9.17, 15) is 9.59 Å². The summed E-state index contributed by atoms with van der Waals surface area (Å²) in [5, 5.41) is 5.27. The summed E-state index contributed by atoms with van der Waals surface area (Å²) in [6, 6.07) is 10.4. The number of anilines is 1. The van der Waals surface area contributed by atoms with Crippen molar-refractivity contribution in [2.75, 3.05) is 38.1 Å². The Morgan fingerprint density at radius 1 is 1.15 bits per heavy atom. The van der Waals surface area contributed by atoms with Gasteiger partial charge in [0.15, 0.2) is 10.4 Å². The number of carbonyl (C=O) groups excluding carboxylic acids is 2. The van der Waals surface area contributed by atoms with Crippen molar-refractivity contribution in [2.24, 2.45) is 0 Å². The van der Waals surface area contributed by atoms with E-state index in [1.165, 1.54) is 6.07 Å². The molecule has 0 aliphatic rings. The van der Waals surface area contributed by atoms with Gasteiger partial charge in [0.05, 0.1) is 12.2 Å². The van der Waals surface area contributed by atoms with Crippen LogP contribution < -0.4 is 15.4 Å². The smallest absolute Gasteiger partial charge is 0.287 e. The molecular weight excluding hydrogens is 414 g/mol. The van der Waals surface area contributed by atoms with E-state index in [1.807, 2.05) is 12.1 Å². The van der Waals surface area contributed by atoms with Crippen molar-refractivity contribution in [2.45, 2.75) is 13.8 Å². The number of benzene rings is 1. The van der Waals surface area contributed by atoms with Crippen LogP contribution in [-0.4, -0.2) is 49.5 Å². The standard InChI is InChI=1S/C19H24BrN3O4/c1-3-23(4-2)11-12-26-15-8-6-5-7-14(15)22-18(24)13-21-19(25)16-9-10-17(20)27-16/h5-10H,3-4,11-13H2,1-2H3,(H,21,25)(H,22,24). The minimum atomic E-state index is -0.459. The third-order valence-corrected chi connectivity index (χ3v) is 4.35. The van der Waals surface area contributed by atoms with Gasteiger partial charge in [-0.3, -0.25) is 9.59 Å². The number of ether oxygens (including phenoxy) is 1. The molecule has 2 amide bonds. The zero-order valence-corrected chi connectivity index (χ0v) is 17.0. The van der Waals surface area contributed by atoms with Gasteiger partial charge in [-0.2, -0.15) is 0 Å². The molecular formula is C19H24BrN3O4. The van der Waals surface area contributed by atoms with E-state index in [1.54, 1.807) is 18.2 Å². The van der Waals surface area contributed by atoms with Crippen LogP contribution in [0.1, 0.15) is 24.4 Å². The molecule has 27 heavy (non-hydrogen) atoms. The van der Waals surface area contributed by atoms with Crippen LogP contribution in [0.25, 0.3) is 0 Å². The van der Waals surface area contributed by atoms with Crippen molar-refractivity contribution >= 4 is 33.4 Å². The van der Waals surface area contributed by atoms with Gasteiger partial charge in [0.1, 0.15) is 12.4 Å². The number of nitrogens with zero attached hydrogens (tertiary/aromatic N) is 1. The Balaban J connectivity index is 1.85. The van der Waals surface area contributed by atoms with Gasteiger partial charge >= 0.3 is 0 Å². The highest BCUT2D eigenvalue weighted by Crippen LogP contribution is 2.23. The van der Waals surface area contributed by atoms with Gasteiger partial charge in [-0.1, -0.05) is 26.0 Å². The number of hydrogen-bond donors (Lipinski definition) is 2. The summed E-state index contributed by atoms with van der Waals surface area (Å²) in [7, 11) is 0. The Morgan fingerprint density at radius 3 is 2.56 bits per heavy atom. The third-order valence-electron chi connectivity index (χ3n) is 3.93. The summed E-state index contributed by atoms with van der Waals surface area (Å²) in [5.74, 6) is -0.0810. The molecule has 0 aliphatic carbocycles. The molecule has 1 aromatic heterocycles. The maximum Gasteiger partial charge on any atom is 0.287 e. The minimum absolute atomic E-state index is 0.134. The number of hydrogen-bond acceptors (Lipinski definition) is 5. The van der Waals surface area contributed by atoms with Gasteiger partial charge in [-0.25, -0.2) is 0 Å². The summed E-state index contributed by atoms with van der Waals surface area (Å²) in [6.45, 7) is 7.29. The van der Waals surface area contributed by atoms with Gasteiger partial charge in [-0.15, -0.1) is 0 Å². The fraction of sp³-hybridized carbons (Fsp3) is 0.368. The second kappa shape index (κ2) is 10.7. The molecule has 0 aliphatic heterocycles. The zero-order valence-electron chi connectivity index (χ0n) is 15.5. The normalized spacial score (nSPS) is 10.7. The maximum absolute atomic E-state index is 12.2. The Kier molecular flexibility index (Phi) is 8.35. The van der Waals surface area contributed by atoms with Crippen molar-refractivity contribution in [3.8, 4) is 5.75 Å². The second-order valence-corrected chi connectivity index (χ2v) is 6.49. The number of halogens is 1. The molecule has 0 bridgehead atoms. The number of furan rings is 1. The highest BCUT2D eigenvalue weighted by atomic mass is 79.9. The average Bonchev–Trinajstić information content (AvgIpc) is 3.11. The van der Waals surface area contributed by atoms with Crippen molar-refractivity contribution in [1.29, 1.82) is 0 Å². The largest absolute Gasteiger partial charge is 0.490 e. The van der Waals surface area contributed by atoms with E-state index in [2.05, 4.69) is 45.3 Å². The summed E-state index contributed by atoms with van der Waals surface area (Å²) < 4.78 is 11.4. The predicted octanol–water partition coefficient (Wildman–Crippen LogP) is 3.13. The molecule has 2 N–H and O–H groups in total. The first-order chi connectivity index (χ1) is 13.0. The molecule has 2 rings (SSSR count). The molecule has 0 saturated carbocycles. The molecule has 1 aromatic carbocycles. The van der Waals surface area contributed by atoms with Gasteiger partial charge in [0.25, 0.3) is 5.91 Å². The molecule has 0 unspecified atom stereocenters. The number of amides is 2. The van der Waals surface area contributed by atoms with Crippen LogP contribution in [-0.2, 0) is 4.79 Å². The van der Waals surface area contributed by atoms with Crippen LogP contribution in [0.3, 0.4) is 0 Å². The number of nitrogens with one attached hydrogen (secondary N) is 2. The Morgan fingerprint density at radius 2 is 1.89 bits per heavy atom. The lowest BCUT2D eigenvalue weighted by atomic mass is 10.3. The van der Waals surface area contributed by atoms with Crippen molar-refractivity contribution in [3.05, 3.63) is 46.8 Å².